The van der Waals surface area contributed by atoms with Gasteiger partial charge >= 0.3 is 11.9 Å². The SMILES string of the molecule is O=C(O)CCCCC1OC1CCC1OC1CCCCC(=O)O. The van der Waals surface area contributed by atoms with Gasteiger partial charge in [-0.1, -0.05) is 12.8 Å². The van der Waals surface area contributed by atoms with E-state index in [1.807, 2.05) is 0 Å². The average Bonchev–Trinajstić information content (AvgIpc) is 3.34. The summed E-state index contributed by atoms with van der Waals surface area (Å²) in [6, 6.07) is 0. The number of aliphatic carboxylic acids is 2. The maximum atomic E-state index is 10.4. The third kappa shape index (κ3) is 6.75. The fourth-order valence-corrected chi connectivity index (χ4v) is 2.95. The van der Waals surface area contributed by atoms with Crippen LogP contribution in [-0.4, -0.2) is 46.6 Å². The van der Waals surface area contributed by atoms with Gasteiger partial charge in [0.05, 0.1) is 24.4 Å². The van der Waals surface area contributed by atoms with Crippen LogP contribution in [0.2, 0.25) is 0 Å². The van der Waals surface area contributed by atoms with Crippen molar-refractivity contribution in [2.45, 2.75) is 88.6 Å². The highest BCUT2D eigenvalue weighted by molar-refractivity contribution is 5.66. The monoisotopic (exact) mass is 314 g/mol. The molecule has 6 nitrogen and oxygen atoms in total. The summed E-state index contributed by atoms with van der Waals surface area (Å²) in [4.78, 5) is 20.8. The average molecular weight is 314 g/mol. The molecule has 0 aliphatic carbocycles. The van der Waals surface area contributed by atoms with Crippen molar-refractivity contribution >= 4 is 11.9 Å². The van der Waals surface area contributed by atoms with Crippen LogP contribution in [0.3, 0.4) is 0 Å². The van der Waals surface area contributed by atoms with E-state index in [1.54, 1.807) is 0 Å². The van der Waals surface area contributed by atoms with E-state index in [1.165, 1.54) is 0 Å². The van der Waals surface area contributed by atoms with Crippen LogP contribution in [0, 0.1) is 0 Å². The van der Waals surface area contributed by atoms with Crippen molar-refractivity contribution < 1.29 is 29.3 Å². The smallest absolute Gasteiger partial charge is 0.303 e. The first-order valence-electron chi connectivity index (χ1n) is 8.31. The van der Waals surface area contributed by atoms with E-state index in [-0.39, 0.29) is 12.8 Å². The van der Waals surface area contributed by atoms with Gasteiger partial charge in [0.1, 0.15) is 0 Å². The number of ether oxygens (including phenoxy) is 2. The molecule has 2 N–H and O–H groups in total. The highest BCUT2D eigenvalue weighted by Gasteiger charge is 2.42. The summed E-state index contributed by atoms with van der Waals surface area (Å²) < 4.78 is 11.2. The molecule has 126 valence electrons. The molecular formula is C16H26O6. The molecule has 0 aromatic carbocycles. The number of hydrogen-bond donors (Lipinski definition) is 2. The molecule has 2 rings (SSSR count). The fourth-order valence-electron chi connectivity index (χ4n) is 2.95. The van der Waals surface area contributed by atoms with Crippen molar-refractivity contribution in [3.8, 4) is 0 Å². The molecule has 0 aromatic heterocycles. The molecule has 2 fully saturated rings. The van der Waals surface area contributed by atoms with Gasteiger partial charge in [-0.2, -0.15) is 0 Å². The summed E-state index contributed by atoms with van der Waals surface area (Å²) in [6.45, 7) is 0. The molecule has 0 radical (unpaired) electrons. The molecule has 2 aliphatic heterocycles. The highest BCUT2D eigenvalue weighted by Crippen LogP contribution is 2.36. The molecule has 22 heavy (non-hydrogen) atoms. The molecule has 0 saturated carbocycles. The normalized spacial score (nSPS) is 29.3. The molecule has 6 heteroatoms. The Bertz CT molecular complexity index is 347. The van der Waals surface area contributed by atoms with Crippen molar-refractivity contribution in [3.05, 3.63) is 0 Å². The third-order valence-corrected chi connectivity index (χ3v) is 4.37. The first-order valence-corrected chi connectivity index (χ1v) is 8.31. The van der Waals surface area contributed by atoms with E-state index in [2.05, 4.69) is 0 Å². The lowest BCUT2D eigenvalue weighted by Crippen LogP contribution is -2.01. The maximum absolute atomic E-state index is 10.4. The van der Waals surface area contributed by atoms with Gasteiger partial charge in [0, 0.05) is 12.8 Å². The van der Waals surface area contributed by atoms with Crippen LogP contribution in [0.25, 0.3) is 0 Å². The van der Waals surface area contributed by atoms with Gasteiger partial charge in [0.2, 0.25) is 0 Å². The summed E-state index contributed by atoms with van der Waals surface area (Å²) in [5.41, 5.74) is 0. The van der Waals surface area contributed by atoms with E-state index >= 15 is 0 Å². The Kier molecular flexibility index (Phi) is 6.64. The second-order valence-corrected chi connectivity index (χ2v) is 6.28. The zero-order valence-electron chi connectivity index (χ0n) is 12.9. The second kappa shape index (κ2) is 8.48. The molecule has 4 unspecified atom stereocenters. The van der Waals surface area contributed by atoms with Crippen molar-refractivity contribution in [1.82, 2.24) is 0 Å². The predicted molar refractivity (Wildman–Crippen MR) is 78.8 cm³/mol. The summed E-state index contributed by atoms with van der Waals surface area (Å²) in [6.07, 6.45) is 9.04. The zero-order chi connectivity index (χ0) is 15.9. The number of epoxide rings is 2. The number of unbranched alkanes of at least 4 members (excludes halogenated alkanes) is 2. The third-order valence-electron chi connectivity index (χ3n) is 4.37. The number of rotatable bonds is 13. The largest absolute Gasteiger partial charge is 0.481 e. The lowest BCUT2D eigenvalue weighted by molar-refractivity contribution is -0.138. The van der Waals surface area contributed by atoms with E-state index in [0.29, 0.717) is 24.4 Å². The number of carbonyl (C=O) groups is 2. The topological polar surface area (TPSA) is 99.7 Å². The van der Waals surface area contributed by atoms with Gasteiger partial charge in [-0.3, -0.25) is 9.59 Å². The van der Waals surface area contributed by atoms with E-state index < -0.39 is 11.9 Å². The fraction of sp³-hybridized carbons (Fsp3) is 0.875. The Balaban J connectivity index is 1.40. The van der Waals surface area contributed by atoms with Gasteiger partial charge in [-0.15, -0.1) is 0 Å². The lowest BCUT2D eigenvalue weighted by Gasteiger charge is -1.96. The minimum atomic E-state index is -0.728. The van der Waals surface area contributed by atoms with Crippen LogP contribution in [-0.2, 0) is 19.1 Å². The van der Waals surface area contributed by atoms with E-state index in [9.17, 15) is 9.59 Å². The summed E-state index contributed by atoms with van der Waals surface area (Å²) >= 11 is 0. The molecule has 2 aliphatic rings. The number of hydrogen-bond acceptors (Lipinski definition) is 4. The quantitative estimate of drug-likeness (QED) is 0.400. The molecule has 4 atom stereocenters. The van der Waals surface area contributed by atoms with Crippen LogP contribution >= 0.6 is 0 Å². The van der Waals surface area contributed by atoms with Gasteiger partial charge < -0.3 is 19.7 Å². The summed E-state index contributed by atoms with van der Waals surface area (Å²) in [7, 11) is 0. The van der Waals surface area contributed by atoms with Crippen molar-refractivity contribution in [3.63, 3.8) is 0 Å². The van der Waals surface area contributed by atoms with E-state index in [4.69, 9.17) is 19.7 Å². The Hall–Kier alpha value is -1.14. The van der Waals surface area contributed by atoms with Crippen LogP contribution in [0.5, 0.6) is 0 Å². The van der Waals surface area contributed by atoms with Gasteiger partial charge in [-0.25, -0.2) is 0 Å². The number of carboxylic acids is 2. The Morgan fingerprint density at radius 2 is 1.00 bits per heavy atom. The lowest BCUT2D eigenvalue weighted by atomic mass is 10.0. The van der Waals surface area contributed by atoms with Crippen LogP contribution in [0.15, 0.2) is 0 Å². The Morgan fingerprint density at radius 3 is 1.36 bits per heavy atom. The van der Waals surface area contributed by atoms with Crippen LogP contribution < -0.4 is 0 Å². The van der Waals surface area contributed by atoms with Crippen LogP contribution in [0.4, 0.5) is 0 Å². The van der Waals surface area contributed by atoms with Gasteiger partial charge in [0.25, 0.3) is 0 Å². The summed E-state index contributed by atoms with van der Waals surface area (Å²) in [5, 5.41) is 17.1. The van der Waals surface area contributed by atoms with E-state index in [0.717, 1.165) is 51.4 Å². The molecule has 0 spiro atoms. The Morgan fingerprint density at radius 1 is 0.636 bits per heavy atom. The van der Waals surface area contributed by atoms with Gasteiger partial charge in [0.15, 0.2) is 0 Å². The van der Waals surface area contributed by atoms with Crippen molar-refractivity contribution in [1.29, 1.82) is 0 Å². The van der Waals surface area contributed by atoms with Crippen LogP contribution in [0.1, 0.15) is 64.2 Å². The number of carboxylic acid groups (broad SMARTS) is 2. The summed E-state index contributed by atoms with van der Waals surface area (Å²) in [5.74, 6) is -1.46. The molecule has 0 amide bonds. The minimum absolute atomic E-state index is 0.247. The van der Waals surface area contributed by atoms with Gasteiger partial charge in [-0.05, 0) is 38.5 Å². The molecule has 2 heterocycles. The first-order chi connectivity index (χ1) is 10.6. The minimum Gasteiger partial charge on any atom is -0.481 e. The maximum Gasteiger partial charge on any atom is 0.303 e. The second-order valence-electron chi connectivity index (χ2n) is 6.28. The molecule has 0 bridgehead atoms. The predicted octanol–water partition coefficient (Wildman–Crippen LogP) is 2.59. The molecule has 2 saturated heterocycles. The zero-order valence-corrected chi connectivity index (χ0v) is 12.9. The standard InChI is InChI=1S/C16H26O6/c17-15(18)7-3-1-5-11-13(21-11)9-10-14-12(22-14)6-2-4-8-16(19)20/h11-14H,1-10H2,(H,17,18)(H,19,20). The molecular weight excluding hydrogens is 288 g/mol. The Labute approximate surface area is 130 Å². The molecule has 0 aromatic rings. The first kappa shape index (κ1) is 17.2. The van der Waals surface area contributed by atoms with Crippen molar-refractivity contribution in [2.75, 3.05) is 0 Å². The highest BCUT2D eigenvalue weighted by atomic mass is 16.6. The van der Waals surface area contributed by atoms with Crippen molar-refractivity contribution in [2.24, 2.45) is 0 Å².